The first kappa shape index (κ1) is 18.6. The molecule has 3 aromatic rings. The molecule has 6 heteroatoms. The normalized spacial score (nSPS) is 11.4. The van der Waals surface area contributed by atoms with Gasteiger partial charge in [0.25, 0.3) is 0 Å². The molecule has 0 radical (unpaired) electrons. The van der Waals surface area contributed by atoms with Crippen molar-refractivity contribution in [3.63, 3.8) is 0 Å². The third-order valence-electron chi connectivity index (χ3n) is 4.27. The Balaban J connectivity index is 2.44. The fourth-order valence-corrected chi connectivity index (χ4v) is 3.00. The summed E-state index contributed by atoms with van der Waals surface area (Å²) in [4.78, 5) is 25.2. The number of methoxy groups -OCH3 is 1. The number of hydrogen-bond donors (Lipinski definition) is 1. The van der Waals surface area contributed by atoms with Crippen LogP contribution < -0.4 is 10.7 Å². The molecule has 0 spiro atoms. The summed E-state index contributed by atoms with van der Waals surface area (Å²) in [6, 6.07) is 11.1. The van der Waals surface area contributed by atoms with E-state index in [-0.39, 0.29) is 22.4 Å². The highest BCUT2D eigenvalue weighted by Crippen LogP contribution is 2.34. The molecule has 1 amide bonds. The number of carbonyl (C=O) groups excluding carboxylic acids is 1. The number of halogens is 1. The van der Waals surface area contributed by atoms with Crippen molar-refractivity contribution in [2.45, 2.75) is 26.2 Å². The second-order valence-electron chi connectivity index (χ2n) is 7.16. The summed E-state index contributed by atoms with van der Waals surface area (Å²) < 4.78 is 24.9. The van der Waals surface area contributed by atoms with Gasteiger partial charge >= 0.3 is 6.09 Å². The van der Waals surface area contributed by atoms with Crippen LogP contribution in [0, 0.1) is 5.82 Å². The van der Waals surface area contributed by atoms with Gasteiger partial charge in [-0.3, -0.25) is 10.1 Å². The maximum absolute atomic E-state index is 14.5. The smallest absolute Gasteiger partial charge is 0.413 e. The number of ether oxygens (including phenoxy) is 1. The minimum Gasteiger partial charge on any atom is -0.453 e. The van der Waals surface area contributed by atoms with Gasteiger partial charge in [0, 0.05) is 5.56 Å². The summed E-state index contributed by atoms with van der Waals surface area (Å²) in [6.07, 6.45) is -0.818. The number of hydrogen-bond acceptors (Lipinski definition) is 4. The number of nitrogens with one attached hydrogen (secondary N) is 1. The Hall–Kier alpha value is -3.15. The molecule has 0 aliphatic heterocycles. The molecule has 5 nitrogen and oxygen atoms in total. The number of benzene rings is 2. The average molecular weight is 369 g/mol. The standard InChI is InChI=1S/C21H20FNO4/c1-21(2,3)13-9-7-11-15-17(13)18(24)16(12-8-5-6-10-14(12)22)19(27-15)23-20(25)26-4/h5-11H,1-4H3,(H,23,25). The van der Waals surface area contributed by atoms with E-state index in [1.165, 1.54) is 25.3 Å². The lowest BCUT2D eigenvalue weighted by Crippen LogP contribution is -2.20. The van der Waals surface area contributed by atoms with E-state index in [2.05, 4.69) is 10.1 Å². The Bertz CT molecular complexity index is 1080. The van der Waals surface area contributed by atoms with Crippen molar-refractivity contribution in [2.75, 3.05) is 12.4 Å². The quantitative estimate of drug-likeness (QED) is 0.684. The lowest BCUT2D eigenvalue weighted by atomic mass is 9.84. The van der Waals surface area contributed by atoms with Crippen LogP contribution >= 0.6 is 0 Å². The number of fused-ring (bicyclic) bond motifs is 1. The molecule has 27 heavy (non-hydrogen) atoms. The van der Waals surface area contributed by atoms with Crippen LogP contribution in [-0.2, 0) is 10.2 Å². The first-order chi connectivity index (χ1) is 12.7. The van der Waals surface area contributed by atoms with Gasteiger partial charge in [0.1, 0.15) is 11.4 Å². The molecular weight excluding hydrogens is 349 g/mol. The summed E-state index contributed by atoms with van der Waals surface area (Å²) in [5.41, 5.74) is 0.317. The topological polar surface area (TPSA) is 68.5 Å². The van der Waals surface area contributed by atoms with Gasteiger partial charge in [-0.2, -0.15) is 0 Å². The van der Waals surface area contributed by atoms with Crippen molar-refractivity contribution in [1.29, 1.82) is 0 Å². The molecule has 0 unspecified atom stereocenters. The van der Waals surface area contributed by atoms with Gasteiger partial charge in [0.2, 0.25) is 11.3 Å². The first-order valence-corrected chi connectivity index (χ1v) is 8.44. The van der Waals surface area contributed by atoms with E-state index in [1.807, 2.05) is 26.8 Å². The van der Waals surface area contributed by atoms with Gasteiger partial charge in [0.15, 0.2) is 0 Å². The number of anilines is 1. The van der Waals surface area contributed by atoms with E-state index < -0.39 is 17.3 Å². The summed E-state index contributed by atoms with van der Waals surface area (Å²) >= 11 is 0. The van der Waals surface area contributed by atoms with E-state index >= 15 is 0 Å². The Morgan fingerprint density at radius 1 is 1.11 bits per heavy atom. The third kappa shape index (κ3) is 3.43. The zero-order valence-corrected chi connectivity index (χ0v) is 15.6. The first-order valence-electron chi connectivity index (χ1n) is 8.44. The van der Waals surface area contributed by atoms with Crippen LogP contribution in [0.3, 0.4) is 0 Å². The summed E-state index contributed by atoms with van der Waals surface area (Å²) in [7, 11) is 1.19. The van der Waals surface area contributed by atoms with Crippen LogP contribution in [0.15, 0.2) is 51.7 Å². The van der Waals surface area contributed by atoms with Crippen molar-refractivity contribution < 1.29 is 18.3 Å². The maximum Gasteiger partial charge on any atom is 0.413 e. The van der Waals surface area contributed by atoms with Crippen molar-refractivity contribution in [2.24, 2.45) is 0 Å². The highest BCUT2D eigenvalue weighted by Gasteiger charge is 2.25. The van der Waals surface area contributed by atoms with Gasteiger partial charge in [0.05, 0.1) is 18.1 Å². The molecule has 0 aliphatic rings. The highest BCUT2D eigenvalue weighted by molar-refractivity contribution is 5.94. The van der Waals surface area contributed by atoms with Crippen molar-refractivity contribution >= 4 is 22.9 Å². The van der Waals surface area contributed by atoms with Crippen LogP contribution in [0.25, 0.3) is 22.1 Å². The van der Waals surface area contributed by atoms with Crippen molar-refractivity contribution in [1.82, 2.24) is 0 Å². The molecule has 0 aliphatic carbocycles. The zero-order valence-electron chi connectivity index (χ0n) is 15.6. The molecule has 0 saturated heterocycles. The summed E-state index contributed by atoms with van der Waals surface area (Å²) in [6.45, 7) is 5.93. The molecule has 0 atom stereocenters. The fraction of sp³-hybridized carbons (Fsp3) is 0.238. The number of rotatable bonds is 2. The average Bonchev–Trinajstić information content (AvgIpc) is 2.61. The molecule has 1 aromatic heterocycles. The van der Waals surface area contributed by atoms with E-state index in [0.717, 1.165) is 5.56 Å². The van der Waals surface area contributed by atoms with E-state index in [4.69, 9.17) is 4.42 Å². The Labute approximate surface area is 155 Å². The molecule has 1 N–H and O–H groups in total. The predicted octanol–water partition coefficient (Wildman–Crippen LogP) is 5.07. The van der Waals surface area contributed by atoms with Gasteiger partial charge < -0.3 is 9.15 Å². The largest absolute Gasteiger partial charge is 0.453 e. The molecule has 0 saturated carbocycles. The number of amides is 1. The van der Waals surface area contributed by atoms with Crippen molar-refractivity contribution in [3.8, 4) is 11.1 Å². The fourth-order valence-electron chi connectivity index (χ4n) is 3.00. The molecule has 2 aromatic carbocycles. The van der Waals surface area contributed by atoms with Crippen LogP contribution in [0.4, 0.5) is 15.1 Å². The monoisotopic (exact) mass is 369 g/mol. The molecule has 3 rings (SSSR count). The van der Waals surface area contributed by atoms with Gasteiger partial charge in [-0.05, 0) is 23.1 Å². The summed E-state index contributed by atoms with van der Waals surface area (Å²) in [5.74, 6) is -0.749. The minimum absolute atomic E-state index is 0.0447. The number of carbonyl (C=O) groups is 1. The van der Waals surface area contributed by atoms with Crippen LogP contribution in [0.5, 0.6) is 0 Å². The lowest BCUT2D eigenvalue weighted by molar-refractivity contribution is 0.186. The Morgan fingerprint density at radius 3 is 2.44 bits per heavy atom. The SMILES string of the molecule is COC(=O)Nc1oc2cccc(C(C)(C)C)c2c(=O)c1-c1ccccc1F. The van der Waals surface area contributed by atoms with E-state index in [0.29, 0.717) is 11.0 Å². The minimum atomic E-state index is -0.818. The van der Waals surface area contributed by atoms with Crippen LogP contribution in [-0.4, -0.2) is 13.2 Å². The predicted molar refractivity (Wildman–Crippen MR) is 103 cm³/mol. The van der Waals surface area contributed by atoms with E-state index in [1.54, 1.807) is 18.2 Å². The molecular formula is C21H20FNO4. The Kier molecular flexibility index (Phi) is 4.74. The van der Waals surface area contributed by atoms with Gasteiger partial charge in [-0.1, -0.05) is 51.1 Å². The lowest BCUT2D eigenvalue weighted by Gasteiger charge is -2.21. The third-order valence-corrected chi connectivity index (χ3v) is 4.27. The van der Waals surface area contributed by atoms with Crippen molar-refractivity contribution in [3.05, 3.63) is 64.1 Å². The second-order valence-corrected chi connectivity index (χ2v) is 7.16. The molecule has 0 fully saturated rings. The highest BCUT2D eigenvalue weighted by atomic mass is 19.1. The Morgan fingerprint density at radius 2 is 1.81 bits per heavy atom. The molecule has 0 bridgehead atoms. The van der Waals surface area contributed by atoms with E-state index in [9.17, 15) is 14.0 Å². The van der Waals surface area contributed by atoms with Gasteiger partial charge in [-0.25, -0.2) is 9.18 Å². The zero-order chi connectivity index (χ0) is 19.8. The second kappa shape index (κ2) is 6.87. The molecule has 1 heterocycles. The summed E-state index contributed by atoms with van der Waals surface area (Å²) in [5, 5.41) is 2.74. The van der Waals surface area contributed by atoms with Crippen LogP contribution in [0.1, 0.15) is 26.3 Å². The van der Waals surface area contributed by atoms with Crippen LogP contribution in [0.2, 0.25) is 0 Å². The molecule has 140 valence electrons. The maximum atomic E-state index is 14.5. The van der Waals surface area contributed by atoms with Gasteiger partial charge in [-0.15, -0.1) is 0 Å².